The Hall–Kier alpha value is -1.13. The normalized spacial score (nSPS) is 10.6. The molecule has 0 unspecified atom stereocenters. The SMILES string of the molecule is Cc1nc(CO)oc1-c1ccccc1Br. The van der Waals surface area contributed by atoms with Crippen molar-refractivity contribution in [2.24, 2.45) is 0 Å². The summed E-state index contributed by atoms with van der Waals surface area (Å²) in [6.45, 7) is 1.68. The molecule has 0 amide bonds. The zero-order valence-electron chi connectivity index (χ0n) is 8.20. The zero-order valence-corrected chi connectivity index (χ0v) is 9.78. The Morgan fingerprint density at radius 2 is 2.13 bits per heavy atom. The lowest BCUT2D eigenvalue weighted by molar-refractivity contribution is 0.241. The summed E-state index contributed by atoms with van der Waals surface area (Å²) < 4.78 is 6.39. The fourth-order valence-electron chi connectivity index (χ4n) is 1.42. The number of rotatable bonds is 2. The fraction of sp³-hybridized carbons (Fsp3) is 0.182. The highest BCUT2D eigenvalue weighted by atomic mass is 79.9. The Morgan fingerprint density at radius 1 is 1.40 bits per heavy atom. The van der Waals surface area contributed by atoms with Crippen LogP contribution >= 0.6 is 15.9 Å². The van der Waals surface area contributed by atoms with Crippen LogP contribution in [0.5, 0.6) is 0 Å². The van der Waals surface area contributed by atoms with Gasteiger partial charge in [-0.1, -0.05) is 34.1 Å². The van der Waals surface area contributed by atoms with Gasteiger partial charge >= 0.3 is 0 Å². The van der Waals surface area contributed by atoms with Crippen molar-refractivity contribution in [3.63, 3.8) is 0 Å². The molecule has 15 heavy (non-hydrogen) atoms. The summed E-state index contributed by atoms with van der Waals surface area (Å²) in [6, 6.07) is 7.75. The van der Waals surface area contributed by atoms with Gasteiger partial charge in [0.1, 0.15) is 6.61 Å². The van der Waals surface area contributed by atoms with Crippen LogP contribution in [0.25, 0.3) is 11.3 Å². The third kappa shape index (κ3) is 1.96. The molecule has 0 saturated heterocycles. The number of hydrogen-bond donors (Lipinski definition) is 1. The third-order valence-electron chi connectivity index (χ3n) is 2.09. The van der Waals surface area contributed by atoms with Crippen molar-refractivity contribution in [1.29, 1.82) is 0 Å². The zero-order chi connectivity index (χ0) is 10.8. The number of benzene rings is 1. The molecule has 0 radical (unpaired) electrons. The number of hydrogen-bond acceptors (Lipinski definition) is 3. The van der Waals surface area contributed by atoms with Gasteiger partial charge in [0.2, 0.25) is 5.89 Å². The van der Waals surface area contributed by atoms with Crippen LogP contribution < -0.4 is 0 Å². The quantitative estimate of drug-likeness (QED) is 0.910. The minimum Gasteiger partial charge on any atom is -0.438 e. The van der Waals surface area contributed by atoms with Crippen LogP contribution in [0.15, 0.2) is 33.2 Å². The van der Waals surface area contributed by atoms with Crippen LogP contribution in [-0.4, -0.2) is 10.1 Å². The number of halogens is 1. The topological polar surface area (TPSA) is 46.3 Å². The smallest absolute Gasteiger partial charge is 0.220 e. The number of aromatic nitrogens is 1. The Labute approximate surface area is 95.9 Å². The van der Waals surface area contributed by atoms with Gasteiger partial charge in [0.05, 0.1) is 5.69 Å². The number of nitrogens with zero attached hydrogens (tertiary/aromatic N) is 1. The molecule has 0 aliphatic carbocycles. The highest BCUT2D eigenvalue weighted by Gasteiger charge is 2.12. The monoisotopic (exact) mass is 267 g/mol. The van der Waals surface area contributed by atoms with Crippen molar-refractivity contribution in [1.82, 2.24) is 4.98 Å². The van der Waals surface area contributed by atoms with E-state index in [4.69, 9.17) is 9.52 Å². The summed E-state index contributed by atoms with van der Waals surface area (Å²) in [5.74, 6) is 1.05. The largest absolute Gasteiger partial charge is 0.438 e. The number of aliphatic hydroxyl groups excluding tert-OH is 1. The summed E-state index contributed by atoms with van der Waals surface area (Å²) in [5.41, 5.74) is 1.73. The maximum atomic E-state index is 8.92. The molecule has 2 rings (SSSR count). The van der Waals surface area contributed by atoms with Gasteiger partial charge in [-0.2, -0.15) is 0 Å². The Balaban J connectivity index is 2.54. The number of aryl methyl sites for hydroxylation is 1. The van der Waals surface area contributed by atoms with Crippen LogP contribution in [0.2, 0.25) is 0 Å². The van der Waals surface area contributed by atoms with Crippen LogP contribution in [0.3, 0.4) is 0 Å². The van der Waals surface area contributed by atoms with Crippen LogP contribution in [0, 0.1) is 6.92 Å². The van der Waals surface area contributed by atoms with E-state index < -0.39 is 0 Å². The molecule has 1 aromatic carbocycles. The van der Waals surface area contributed by atoms with Crippen molar-refractivity contribution < 1.29 is 9.52 Å². The highest BCUT2D eigenvalue weighted by molar-refractivity contribution is 9.10. The standard InChI is InChI=1S/C11H10BrNO2/c1-7-11(15-10(6-14)13-7)8-4-2-3-5-9(8)12/h2-5,14H,6H2,1H3. The van der Waals surface area contributed by atoms with Crippen molar-refractivity contribution in [3.8, 4) is 11.3 Å². The molecule has 0 fully saturated rings. The molecule has 3 nitrogen and oxygen atoms in total. The Kier molecular flexibility index (Phi) is 2.88. The minimum atomic E-state index is -0.175. The fourth-order valence-corrected chi connectivity index (χ4v) is 1.88. The average molecular weight is 268 g/mol. The highest BCUT2D eigenvalue weighted by Crippen LogP contribution is 2.30. The van der Waals surface area contributed by atoms with Gasteiger partial charge in [0.25, 0.3) is 0 Å². The molecule has 1 aromatic heterocycles. The van der Waals surface area contributed by atoms with E-state index in [1.807, 2.05) is 31.2 Å². The Bertz CT molecular complexity index is 479. The molecule has 1 N–H and O–H groups in total. The molecule has 0 saturated carbocycles. The van der Waals surface area contributed by atoms with Crippen molar-refractivity contribution in [2.45, 2.75) is 13.5 Å². The molecule has 4 heteroatoms. The van der Waals surface area contributed by atoms with Gasteiger partial charge in [0, 0.05) is 10.0 Å². The van der Waals surface area contributed by atoms with Gasteiger partial charge < -0.3 is 9.52 Å². The predicted octanol–water partition coefficient (Wildman–Crippen LogP) is 2.90. The molecule has 0 atom stereocenters. The third-order valence-corrected chi connectivity index (χ3v) is 2.79. The van der Waals surface area contributed by atoms with Gasteiger partial charge in [-0.05, 0) is 13.0 Å². The van der Waals surface area contributed by atoms with E-state index in [9.17, 15) is 0 Å². The van der Waals surface area contributed by atoms with E-state index in [1.165, 1.54) is 0 Å². The summed E-state index contributed by atoms with van der Waals surface area (Å²) in [5, 5.41) is 8.92. The van der Waals surface area contributed by atoms with Crippen LogP contribution in [0.1, 0.15) is 11.6 Å². The molecule has 0 aliphatic rings. The summed E-state index contributed by atoms with van der Waals surface area (Å²) in [4.78, 5) is 4.11. The first-order chi connectivity index (χ1) is 7.22. The number of oxazole rings is 1. The van der Waals surface area contributed by atoms with Crippen LogP contribution in [0.4, 0.5) is 0 Å². The van der Waals surface area contributed by atoms with E-state index in [-0.39, 0.29) is 6.61 Å². The van der Waals surface area contributed by atoms with E-state index in [0.29, 0.717) is 11.7 Å². The van der Waals surface area contributed by atoms with Crippen LogP contribution in [-0.2, 0) is 6.61 Å². The van der Waals surface area contributed by atoms with Crippen molar-refractivity contribution >= 4 is 15.9 Å². The summed E-state index contributed by atoms with van der Waals surface area (Å²) >= 11 is 3.45. The first-order valence-corrected chi connectivity index (χ1v) is 5.33. The minimum absolute atomic E-state index is 0.175. The van der Waals surface area contributed by atoms with Gasteiger partial charge in [-0.15, -0.1) is 0 Å². The number of aliphatic hydroxyl groups is 1. The first-order valence-electron chi connectivity index (χ1n) is 4.54. The lowest BCUT2D eigenvalue weighted by atomic mass is 10.1. The van der Waals surface area contributed by atoms with Gasteiger partial charge in [-0.3, -0.25) is 0 Å². The molecule has 1 heterocycles. The second-order valence-corrected chi connectivity index (χ2v) is 4.01. The lowest BCUT2D eigenvalue weighted by Crippen LogP contribution is -1.80. The molecule has 2 aromatic rings. The molecule has 0 spiro atoms. The molecular weight excluding hydrogens is 258 g/mol. The Morgan fingerprint density at radius 3 is 2.73 bits per heavy atom. The average Bonchev–Trinajstić information content (AvgIpc) is 2.60. The van der Waals surface area contributed by atoms with E-state index in [2.05, 4.69) is 20.9 Å². The lowest BCUT2D eigenvalue weighted by Gasteiger charge is -2.00. The molecule has 78 valence electrons. The van der Waals surface area contributed by atoms with E-state index in [1.54, 1.807) is 0 Å². The molecule has 0 aliphatic heterocycles. The maximum Gasteiger partial charge on any atom is 0.220 e. The molecular formula is C11H10BrNO2. The van der Waals surface area contributed by atoms with E-state index >= 15 is 0 Å². The van der Waals surface area contributed by atoms with E-state index in [0.717, 1.165) is 15.7 Å². The predicted molar refractivity (Wildman–Crippen MR) is 60.3 cm³/mol. The van der Waals surface area contributed by atoms with Gasteiger partial charge in [0.15, 0.2) is 5.76 Å². The molecule has 0 bridgehead atoms. The second kappa shape index (κ2) is 4.16. The van der Waals surface area contributed by atoms with Gasteiger partial charge in [-0.25, -0.2) is 4.98 Å². The first kappa shape index (κ1) is 10.4. The summed E-state index contributed by atoms with van der Waals surface area (Å²) in [6.07, 6.45) is 0. The van der Waals surface area contributed by atoms with Crippen molar-refractivity contribution in [3.05, 3.63) is 40.3 Å². The summed E-state index contributed by atoms with van der Waals surface area (Å²) in [7, 11) is 0. The maximum absolute atomic E-state index is 8.92. The second-order valence-electron chi connectivity index (χ2n) is 3.16. The van der Waals surface area contributed by atoms with Crippen molar-refractivity contribution in [2.75, 3.05) is 0 Å².